The molecule has 0 atom stereocenters. The molecule has 1 aromatic heterocycles. The molecule has 8 heteroatoms. The Labute approximate surface area is 105 Å². The molecule has 4 nitrogen and oxygen atoms in total. The molecule has 2 rings (SSSR count). The van der Waals surface area contributed by atoms with Gasteiger partial charge < -0.3 is 4.74 Å². The third-order valence-corrected chi connectivity index (χ3v) is 2.40. The Balaban J connectivity index is 2.34. The average Bonchev–Trinajstić information content (AvgIpc) is 2.62. The van der Waals surface area contributed by atoms with Gasteiger partial charge in [-0.3, -0.25) is 0 Å². The summed E-state index contributed by atoms with van der Waals surface area (Å²) in [6.07, 6.45) is -3.23. The molecule has 0 saturated heterocycles. The summed E-state index contributed by atoms with van der Waals surface area (Å²) in [4.78, 5) is 0. The summed E-state index contributed by atoms with van der Waals surface area (Å²) in [6, 6.07) is 3.62. The lowest BCUT2D eigenvalue weighted by atomic mass is 10.3. The van der Waals surface area contributed by atoms with E-state index < -0.39 is 6.36 Å². The number of aryl methyl sites for hydroxylation is 1. The zero-order valence-electron chi connectivity index (χ0n) is 9.07. The Kier molecular flexibility index (Phi) is 3.16. The van der Waals surface area contributed by atoms with Crippen molar-refractivity contribution in [2.24, 2.45) is 0 Å². The number of alkyl halides is 3. The van der Waals surface area contributed by atoms with Gasteiger partial charge in [-0.15, -0.1) is 18.3 Å². The quantitative estimate of drug-likeness (QED) is 0.847. The summed E-state index contributed by atoms with van der Waals surface area (Å²) in [6.45, 7) is 1.75. The van der Waals surface area contributed by atoms with Crippen LogP contribution in [0.3, 0.4) is 0 Å². The van der Waals surface area contributed by atoms with Crippen molar-refractivity contribution < 1.29 is 17.9 Å². The average molecular weight is 278 g/mol. The number of hydrogen-bond acceptors (Lipinski definition) is 3. The fraction of sp³-hybridized carbons (Fsp3) is 0.200. The van der Waals surface area contributed by atoms with E-state index in [2.05, 4.69) is 15.0 Å². The smallest absolute Gasteiger partial charge is 0.406 e. The number of aromatic nitrogens is 3. The summed E-state index contributed by atoms with van der Waals surface area (Å²) >= 11 is 5.89. The van der Waals surface area contributed by atoms with Crippen LogP contribution in [0.1, 0.15) is 5.69 Å². The van der Waals surface area contributed by atoms with E-state index in [-0.39, 0.29) is 10.8 Å². The van der Waals surface area contributed by atoms with Crippen LogP contribution in [0.25, 0.3) is 5.69 Å². The van der Waals surface area contributed by atoms with Gasteiger partial charge in [0, 0.05) is 6.07 Å². The lowest BCUT2D eigenvalue weighted by molar-refractivity contribution is -0.274. The molecule has 0 aliphatic rings. The van der Waals surface area contributed by atoms with Gasteiger partial charge in [0.2, 0.25) is 0 Å². The first-order valence-corrected chi connectivity index (χ1v) is 5.17. The topological polar surface area (TPSA) is 39.9 Å². The molecule has 2 aromatic rings. The van der Waals surface area contributed by atoms with Gasteiger partial charge in [0.25, 0.3) is 0 Å². The van der Waals surface area contributed by atoms with E-state index >= 15 is 0 Å². The van der Waals surface area contributed by atoms with Crippen molar-refractivity contribution in [2.75, 3.05) is 0 Å². The van der Waals surface area contributed by atoms with Crippen LogP contribution in [0, 0.1) is 6.92 Å². The summed E-state index contributed by atoms with van der Waals surface area (Å²) in [5.74, 6) is -0.381. The fourth-order valence-electron chi connectivity index (χ4n) is 1.38. The lowest BCUT2D eigenvalue weighted by Crippen LogP contribution is -2.17. The number of hydrogen-bond donors (Lipinski definition) is 0. The highest BCUT2D eigenvalue weighted by Crippen LogP contribution is 2.29. The summed E-state index contributed by atoms with van der Waals surface area (Å²) in [5.41, 5.74) is 1.14. The van der Waals surface area contributed by atoms with Gasteiger partial charge in [-0.2, -0.15) is 0 Å². The van der Waals surface area contributed by atoms with Gasteiger partial charge >= 0.3 is 6.36 Å². The minimum absolute atomic E-state index is 0.0883. The molecule has 0 amide bonds. The van der Waals surface area contributed by atoms with E-state index in [1.165, 1.54) is 16.9 Å². The van der Waals surface area contributed by atoms with Gasteiger partial charge in [-0.05, 0) is 19.1 Å². The number of rotatable bonds is 2. The molecule has 0 unspecified atom stereocenters. The third kappa shape index (κ3) is 2.73. The van der Waals surface area contributed by atoms with E-state index in [1.54, 1.807) is 6.92 Å². The van der Waals surface area contributed by atoms with Crippen LogP contribution in [-0.4, -0.2) is 21.4 Å². The first kappa shape index (κ1) is 12.7. The first-order valence-electron chi connectivity index (χ1n) is 4.80. The molecule has 0 bridgehead atoms. The van der Waals surface area contributed by atoms with Gasteiger partial charge in [-0.25, -0.2) is 4.68 Å². The summed E-state index contributed by atoms with van der Waals surface area (Å²) < 4.78 is 41.2. The second kappa shape index (κ2) is 4.49. The molecule has 96 valence electrons. The lowest BCUT2D eigenvalue weighted by Gasteiger charge is -2.11. The Morgan fingerprint density at radius 3 is 2.56 bits per heavy atom. The molecular weight excluding hydrogens is 271 g/mol. The third-order valence-electron chi connectivity index (χ3n) is 2.10. The molecule has 0 saturated carbocycles. The molecule has 1 heterocycles. The Hall–Kier alpha value is -1.76. The van der Waals surface area contributed by atoms with Gasteiger partial charge in [-0.1, -0.05) is 16.8 Å². The maximum atomic E-state index is 12.0. The first-order chi connectivity index (χ1) is 8.37. The highest BCUT2D eigenvalue weighted by molar-refractivity contribution is 6.32. The van der Waals surface area contributed by atoms with E-state index in [0.29, 0.717) is 11.4 Å². The van der Waals surface area contributed by atoms with E-state index in [0.717, 1.165) is 12.1 Å². The minimum Gasteiger partial charge on any atom is -0.406 e. The molecule has 0 N–H and O–H groups in total. The van der Waals surface area contributed by atoms with E-state index in [1.807, 2.05) is 0 Å². The van der Waals surface area contributed by atoms with Crippen molar-refractivity contribution in [1.82, 2.24) is 15.0 Å². The van der Waals surface area contributed by atoms with Gasteiger partial charge in [0.15, 0.2) is 0 Å². The highest BCUT2D eigenvalue weighted by atomic mass is 35.5. The maximum Gasteiger partial charge on any atom is 0.573 e. The van der Waals surface area contributed by atoms with Crippen molar-refractivity contribution in [3.05, 3.63) is 35.1 Å². The second-order valence-electron chi connectivity index (χ2n) is 3.45. The molecule has 0 spiro atoms. The monoisotopic (exact) mass is 277 g/mol. The maximum absolute atomic E-state index is 12.0. The number of nitrogens with zero attached hydrogens (tertiary/aromatic N) is 3. The van der Waals surface area contributed by atoms with E-state index in [4.69, 9.17) is 11.6 Å². The number of halogens is 4. The van der Waals surface area contributed by atoms with Crippen LogP contribution in [0.5, 0.6) is 5.75 Å². The van der Waals surface area contributed by atoms with Crippen LogP contribution in [0.4, 0.5) is 13.2 Å². The molecule has 0 aliphatic carbocycles. The zero-order valence-corrected chi connectivity index (χ0v) is 9.83. The Morgan fingerprint density at radius 1 is 1.33 bits per heavy atom. The van der Waals surface area contributed by atoms with Crippen LogP contribution in [0.2, 0.25) is 5.02 Å². The predicted molar refractivity (Wildman–Crippen MR) is 57.8 cm³/mol. The summed E-state index contributed by atoms with van der Waals surface area (Å²) in [7, 11) is 0. The molecule has 0 radical (unpaired) electrons. The predicted octanol–water partition coefficient (Wildman–Crippen LogP) is 3.13. The molecule has 1 aromatic carbocycles. The summed E-state index contributed by atoms with van der Waals surface area (Å²) in [5, 5.41) is 7.52. The van der Waals surface area contributed by atoms with Crippen molar-refractivity contribution in [3.8, 4) is 11.4 Å². The Bertz CT molecular complexity index is 568. The second-order valence-corrected chi connectivity index (χ2v) is 3.86. The largest absolute Gasteiger partial charge is 0.573 e. The van der Waals surface area contributed by atoms with E-state index in [9.17, 15) is 13.2 Å². The SMILES string of the molecule is Cc1cnnn1-c1ccc(OC(F)(F)F)cc1Cl. The molecule has 18 heavy (non-hydrogen) atoms. The van der Waals surface area contributed by atoms with Gasteiger partial charge in [0.1, 0.15) is 5.75 Å². The van der Waals surface area contributed by atoms with Crippen LogP contribution in [0.15, 0.2) is 24.4 Å². The van der Waals surface area contributed by atoms with Crippen LogP contribution in [-0.2, 0) is 0 Å². The van der Waals surface area contributed by atoms with Crippen LogP contribution >= 0.6 is 11.6 Å². The number of benzene rings is 1. The molecular formula is C10H7ClF3N3O. The Morgan fingerprint density at radius 2 is 2.06 bits per heavy atom. The highest BCUT2D eigenvalue weighted by Gasteiger charge is 2.31. The fourth-order valence-corrected chi connectivity index (χ4v) is 1.63. The molecule has 0 fully saturated rings. The standard InChI is InChI=1S/C10H7ClF3N3O/c1-6-5-15-16-17(6)9-3-2-7(4-8(9)11)18-10(12,13)14/h2-5H,1H3. The van der Waals surface area contributed by atoms with Crippen molar-refractivity contribution in [2.45, 2.75) is 13.3 Å². The van der Waals surface area contributed by atoms with Crippen molar-refractivity contribution in [1.29, 1.82) is 0 Å². The van der Waals surface area contributed by atoms with Gasteiger partial charge in [0.05, 0.1) is 22.6 Å². The zero-order chi connectivity index (χ0) is 13.3. The van der Waals surface area contributed by atoms with Crippen molar-refractivity contribution in [3.63, 3.8) is 0 Å². The number of ether oxygens (including phenoxy) is 1. The van der Waals surface area contributed by atoms with Crippen molar-refractivity contribution >= 4 is 11.6 Å². The minimum atomic E-state index is -4.74. The normalized spacial score (nSPS) is 11.6. The molecule has 0 aliphatic heterocycles. The van der Waals surface area contributed by atoms with Crippen LogP contribution < -0.4 is 4.74 Å².